The van der Waals surface area contributed by atoms with Crippen molar-refractivity contribution in [2.75, 3.05) is 5.32 Å². The van der Waals surface area contributed by atoms with Crippen molar-refractivity contribution in [3.05, 3.63) is 35.5 Å². The highest BCUT2D eigenvalue weighted by atomic mass is 32.1. The SMILES string of the molecule is Cc1cc(NC(=O)CC(C)(C)C)n(-c2nc(-c3ccco3)cs2)n1. The molecule has 0 saturated carbocycles. The number of carbonyl (C=O) groups excluding carboxylic acids is 1. The third-order valence-corrected chi connectivity index (χ3v) is 4.05. The molecule has 24 heavy (non-hydrogen) atoms. The molecule has 3 heterocycles. The number of hydrogen-bond donors (Lipinski definition) is 1. The van der Waals surface area contributed by atoms with Crippen LogP contribution in [0.3, 0.4) is 0 Å². The van der Waals surface area contributed by atoms with Gasteiger partial charge in [0.25, 0.3) is 0 Å². The molecule has 1 amide bonds. The minimum absolute atomic E-state index is 0.0357. The summed E-state index contributed by atoms with van der Waals surface area (Å²) in [4.78, 5) is 16.8. The minimum atomic E-state index is -0.0718. The third kappa shape index (κ3) is 3.73. The van der Waals surface area contributed by atoms with Gasteiger partial charge in [0.2, 0.25) is 11.0 Å². The predicted molar refractivity (Wildman–Crippen MR) is 94.4 cm³/mol. The second-order valence-corrected chi connectivity index (χ2v) is 7.70. The summed E-state index contributed by atoms with van der Waals surface area (Å²) in [5, 5.41) is 9.97. The highest BCUT2D eigenvalue weighted by Gasteiger charge is 2.19. The molecule has 0 aliphatic rings. The van der Waals surface area contributed by atoms with E-state index in [9.17, 15) is 4.79 Å². The molecule has 0 aliphatic carbocycles. The summed E-state index contributed by atoms with van der Waals surface area (Å²) in [6.07, 6.45) is 2.05. The molecule has 3 rings (SSSR count). The smallest absolute Gasteiger partial charge is 0.226 e. The largest absolute Gasteiger partial charge is 0.463 e. The van der Waals surface area contributed by atoms with Crippen molar-refractivity contribution in [1.82, 2.24) is 14.8 Å². The molecule has 0 saturated heterocycles. The first-order valence-electron chi connectivity index (χ1n) is 7.68. The molecular formula is C17H20N4O2S. The van der Waals surface area contributed by atoms with Crippen molar-refractivity contribution in [1.29, 1.82) is 0 Å². The summed E-state index contributed by atoms with van der Waals surface area (Å²) in [7, 11) is 0. The van der Waals surface area contributed by atoms with Crippen LogP contribution in [0.1, 0.15) is 32.9 Å². The standard InChI is InChI=1S/C17H20N4O2S/c1-11-8-14(19-15(22)9-17(2,3)4)21(20-11)16-18-12(10-24-16)13-6-5-7-23-13/h5-8,10H,9H2,1-4H3,(H,19,22). The third-order valence-electron chi connectivity index (χ3n) is 3.24. The van der Waals surface area contributed by atoms with Gasteiger partial charge in [0.15, 0.2) is 5.76 Å². The second-order valence-electron chi connectivity index (χ2n) is 6.86. The van der Waals surface area contributed by atoms with E-state index in [1.165, 1.54) is 11.3 Å². The first kappa shape index (κ1) is 16.4. The van der Waals surface area contributed by atoms with Crippen LogP contribution >= 0.6 is 11.3 Å². The maximum atomic E-state index is 12.2. The Labute approximate surface area is 144 Å². The van der Waals surface area contributed by atoms with Gasteiger partial charge in [-0.2, -0.15) is 9.78 Å². The number of nitrogens with one attached hydrogen (secondary N) is 1. The van der Waals surface area contributed by atoms with E-state index in [1.807, 2.05) is 51.3 Å². The lowest BCUT2D eigenvalue weighted by Crippen LogP contribution is -2.21. The van der Waals surface area contributed by atoms with Crippen LogP contribution in [0.15, 0.2) is 34.3 Å². The molecular weight excluding hydrogens is 324 g/mol. The number of amides is 1. The molecule has 0 unspecified atom stereocenters. The van der Waals surface area contributed by atoms with Gasteiger partial charge in [0, 0.05) is 17.9 Å². The molecule has 0 aromatic carbocycles. The van der Waals surface area contributed by atoms with Gasteiger partial charge in [-0.15, -0.1) is 11.3 Å². The molecule has 3 aromatic rings. The summed E-state index contributed by atoms with van der Waals surface area (Å²) in [6, 6.07) is 5.53. The van der Waals surface area contributed by atoms with Gasteiger partial charge in [0.05, 0.1) is 12.0 Å². The highest BCUT2D eigenvalue weighted by molar-refractivity contribution is 7.12. The Morgan fingerprint density at radius 1 is 1.42 bits per heavy atom. The Hall–Kier alpha value is -2.41. The average Bonchev–Trinajstić information content (AvgIpc) is 3.15. The molecule has 1 N–H and O–H groups in total. The van der Waals surface area contributed by atoms with E-state index in [-0.39, 0.29) is 11.3 Å². The number of rotatable bonds is 4. The summed E-state index contributed by atoms with van der Waals surface area (Å²) < 4.78 is 7.03. The van der Waals surface area contributed by atoms with E-state index in [0.29, 0.717) is 23.1 Å². The van der Waals surface area contributed by atoms with Crippen molar-refractivity contribution in [2.45, 2.75) is 34.1 Å². The van der Waals surface area contributed by atoms with E-state index in [1.54, 1.807) is 10.9 Å². The molecule has 0 bridgehead atoms. The zero-order chi connectivity index (χ0) is 17.3. The highest BCUT2D eigenvalue weighted by Crippen LogP contribution is 2.27. The van der Waals surface area contributed by atoms with Crippen molar-refractivity contribution in [2.24, 2.45) is 5.41 Å². The molecule has 0 radical (unpaired) electrons. The van der Waals surface area contributed by atoms with Crippen LogP contribution in [0.25, 0.3) is 16.6 Å². The lowest BCUT2D eigenvalue weighted by Gasteiger charge is -2.17. The van der Waals surface area contributed by atoms with Gasteiger partial charge in [-0.05, 0) is 24.5 Å². The molecule has 7 heteroatoms. The van der Waals surface area contributed by atoms with Crippen LogP contribution < -0.4 is 5.32 Å². The van der Waals surface area contributed by atoms with Crippen molar-refractivity contribution in [3.8, 4) is 16.6 Å². The topological polar surface area (TPSA) is 73.0 Å². The number of furan rings is 1. The molecule has 126 valence electrons. The van der Waals surface area contributed by atoms with Crippen molar-refractivity contribution in [3.63, 3.8) is 0 Å². The lowest BCUT2D eigenvalue weighted by molar-refractivity contribution is -0.117. The van der Waals surface area contributed by atoms with Crippen LogP contribution in [-0.2, 0) is 4.79 Å². The number of nitrogens with zero attached hydrogens (tertiary/aromatic N) is 3. The number of anilines is 1. The van der Waals surface area contributed by atoms with Crippen LogP contribution in [0.4, 0.5) is 5.82 Å². The fourth-order valence-electron chi connectivity index (χ4n) is 2.30. The summed E-state index contributed by atoms with van der Waals surface area (Å²) >= 11 is 1.45. The zero-order valence-electron chi connectivity index (χ0n) is 14.2. The fraction of sp³-hybridized carbons (Fsp3) is 0.353. The van der Waals surface area contributed by atoms with Gasteiger partial charge in [-0.25, -0.2) is 4.98 Å². The van der Waals surface area contributed by atoms with Crippen molar-refractivity contribution < 1.29 is 9.21 Å². The maximum Gasteiger partial charge on any atom is 0.226 e. The summed E-state index contributed by atoms with van der Waals surface area (Å²) in [5.41, 5.74) is 1.49. The quantitative estimate of drug-likeness (QED) is 0.767. The summed E-state index contributed by atoms with van der Waals surface area (Å²) in [6.45, 7) is 7.99. The Kier molecular flexibility index (Phi) is 4.28. The monoisotopic (exact) mass is 344 g/mol. The number of aryl methyl sites for hydroxylation is 1. The minimum Gasteiger partial charge on any atom is -0.463 e. The van der Waals surface area contributed by atoms with E-state index in [4.69, 9.17) is 4.42 Å². The van der Waals surface area contributed by atoms with Gasteiger partial charge < -0.3 is 9.73 Å². The molecule has 0 atom stereocenters. The first-order chi connectivity index (χ1) is 11.3. The molecule has 0 spiro atoms. The van der Waals surface area contributed by atoms with E-state index < -0.39 is 0 Å². The van der Waals surface area contributed by atoms with Gasteiger partial charge in [-0.1, -0.05) is 20.8 Å². The Morgan fingerprint density at radius 2 is 2.21 bits per heavy atom. The predicted octanol–water partition coefficient (Wildman–Crippen LogP) is 4.27. The average molecular weight is 344 g/mol. The maximum absolute atomic E-state index is 12.2. The Balaban J connectivity index is 1.86. The number of aromatic nitrogens is 3. The molecule has 3 aromatic heterocycles. The van der Waals surface area contributed by atoms with Crippen LogP contribution in [0, 0.1) is 12.3 Å². The molecule has 0 fully saturated rings. The number of thiazole rings is 1. The number of hydrogen-bond acceptors (Lipinski definition) is 5. The van der Waals surface area contributed by atoms with E-state index >= 15 is 0 Å². The summed E-state index contributed by atoms with van der Waals surface area (Å²) in [5.74, 6) is 1.30. The second kappa shape index (κ2) is 6.24. The number of carbonyl (C=O) groups is 1. The molecule has 6 nitrogen and oxygen atoms in total. The van der Waals surface area contributed by atoms with Crippen LogP contribution in [-0.4, -0.2) is 20.7 Å². The van der Waals surface area contributed by atoms with E-state index in [2.05, 4.69) is 15.4 Å². The molecule has 0 aliphatic heterocycles. The Bertz CT molecular complexity index is 840. The van der Waals surface area contributed by atoms with Crippen LogP contribution in [0.2, 0.25) is 0 Å². The van der Waals surface area contributed by atoms with Gasteiger partial charge in [0.1, 0.15) is 11.5 Å². The fourth-order valence-corrected chi connectivity index (χ4v) is 3.08. The lowest BCUT2D eigenvalue weighted by atomic mass is 9.92. The Morgan fingerprint density at radius 3 is 2.88 bits per heavy atom. The van der Waals surface area contributed by atoms with Gasteiger partial charge in [-0.3, -0.25) is 4.79 Å². The first-order valence-corrected chi connectivity index (χ1v) is 8.56. The normalized spacial score (nSPS) is 11.7. The van der Waals surface area contributed by atoms with Crippen molar-refractivity contribution >= 4 is 23.1 Å². The van der Waals surface area contributed by atoms with E-state index in [0.717, 1.165) is 11.4 Å². The van der Waals surface area contributed by atoms with Gasteiger partial charge >= 0.3 is 0 Å². The van der Waals surface area contributed by atoms with Crippen LogP contribution in [0.5, 0.6) is 0 Å². The zero-order valence-corrected chi connectivity index (χ0v) is 15.0.